The van der Waals surface area contributed by atoms with Crippen molar-refractivity contribution in [2.75, 3.05) is 6.61 Å². The van der Waals surface area contributed by atoms with E-state index in [0.717, 1.165) is 6.42 Å². The van der Waals surface area contributed by atoms with Crippen LogP contribution in [0.25, 0.3) is 10.9 Å². The summed E-state index contributed by atoms with van der Waals surface area (Å²) in [6, 6.07) is 4.60. The number of rotatable bonds is 3. The summed E-state index contributed by atoms with van der Waals surface area (Å²) < 4.78 is 18.8. The lowest BCUT2D eigenvalue weighted by Gasteiger charge is -2.09. The van der Waals surface area contributed by atoms with E-state index in [-0.39, 0.29) is 5.02 Å². The Bertz CT molecular complexity index is 516. The lowest BCUT2D eigenvalue weighted by molar-refractivity contribution is 0.321. The molecule has 0 saturated heterocycles. The first-order valence-corrected chi connectivity index (χ1v) is 5.47. The van der Waals surface area contributed by atoms with Crippen molar-refractivity contribution in [2.24, 2.45) is 0 Å². The molecule has 1 heterocycles. The summed E-state index contributed by atoms with van der Waals surface area (Å²) >= 11 is 5.92. The number of aromatic nitrogens is 1. The molecule has 0 saturated carbocycles. The Kier molecular flexibility index (Phi) is 3.25. The molecular formula is C12H11ClFNO. The number of benzene rings is 1. The molecule has 2 rings (SSSR count). The predicted molar refractivity (Wildman–Crippen MR) is 62.5 cm³/mol. The van der Waals surface area contributed by atoms with Gasteiger partial charge in [0.25, 0.3) is 0 Å². The molecule has 0 N–H and O–H groups in total. The van der Waals surface area contributed by atoms with Crippen molar-refractivity contribution in [3.8, 4) is 5.75 Å². The quantitative estimate of drug-likeness (QED) is 0.813. The van der Waals surface area contributed by atoms with Gasteiger partial charge in [0.15, 0.2) is 0 Å². The highest BCUT2D eigenvalue weighted by Gasteiger charge is 2.10. The molecule has 0 spiro atoms. The van der Waals surface area contributed by atoms with Gasteiger partial charge in [-0.15, -0.1) is 0 Å². The van der Waals surface area contributed by atoms with Gasteiger partial charge in [0.2, 0.25) is 0 Å². The molecule has 0 aliphatic heterocycles. The van der Waals surface area contributed by atoms with Gasteiger partial charge in [-0.1, -0.05) is 18.5 Å². The molecule has 0 aliphatic carbocycles. The minimum absolute atomic E-state index is 0.0664. The minimum Gasteiger partial charge on any atom is -0.493 e. The van der Waals surface area contributed by atoms with Gasteiger partial charge in [-0.25, -0.2) is 4.39 Å². The summed E-state index contributed by atoms with van der Waals surface area (Å²) in [6.45, 7) is 2.58. The number of hydrogen-bond acceptors (Lipinski definition) is 2. The second kappa shape index (κ2) is 4.66. The molecular weight excluding hydrogens is 229 g/mol. The highest BCUT2D eigenvalue weighted by Crippen LogP contribution is 2.32. The van der Waals surface area contributed by atoms with E-state index in [1.165, 1.54) is 6.07 Å². The summed E-state index contributed by atoms with van der Waals surface area (Å²) in [5, 5.41) is 0.606. The molecule has 0 atom stereocenters. The van der Waals surface area contributed by atoms with Crippen molar-refractivity contribution in [2.45, 2.75) is 13.3 Å². The van der Waals surface area contributed by atoms with Crippen LogP contribution in [0.3, 0.4) is 0 Å². The Morgan fingerprint density at radius 1 is 1.38 bits per heavy atom. The average Bonchev–Trinajstić information content (AvgIpc) is 2.31. The fourth-order valence-electron chi connectivity index (χ4n) is 1.48. The summed E-state index contributed by atoms with van der Waals surface area (Å²) in [5.41, 5.74) is 0.639. The predicted octanol–water partition coefficient (Wildman–Crippen LogP) is 3.82. The largest absolute Gasteiger partial charge is 0.493 e. The van der Waals surface area contributed by atoms with Gasteiger partial charge < -0.3 is 4.74 Å². The van der Waals surface area contributed by atoms with Crippen LogP contribution in [0, 0.1) is 5.82 Å². The van der Waals surface area contributed by atoms with Gasteiger partial charge in [-0.05, 0) is 24.6 Å². The number of nitrogens with zero attached hydrogens (tertiary/aromatic N) is 1. The van der Waals surface area contributed by atoms with E-state index in [9.17, 15) is 4.39 Å². The van der Waals surface area contributed by atoms with Gasteiger partial charge in [0.1, 0.15) is 11.6 Å². The van der Waals surface area contributed by atoms with Crippen molar-refractivity contribution in [1.82, 2.24) is 4.98 Å². The summed E-state index contributed by atoms with van der Waals surface area (Å²) in [4.78, 5) is 4.12. The third kappa shape index (κ3) is 1.95. The molecule has 16 heavy (non-hydrogen) atoms. The third-order valence-corrected chi connectivity index (χ3v) is 2.59. The number of ether oxygens (including phenoxy) is 1. The molecule has 0 aliphatic rings. The molecule has 0 radical (unpaired) electrons. The van der Waals surface area contributed by atoms with E-state index >= 15 is 0 Å². The monoisotopic (exact) mass is 239 g/mol. The van der Waals surface area contributed by atoms with Crippen LogP contribution in [0.5, 0.6) is 5.75 Å². The van der Waals surface area contributed by atoms with Crippen LogP contribution in [-0.2, 0) is 0 Å². The van der Waals surface area contributed by atoms with Gasteiger partial charge >= 0.3 is 0 Å². The smallest absolute Gasteiger partial charge is 0.142 e. The number of hydrogen-bond donors (Lipinski definition) is 0. The van der Waals surface area contributed by atoms with E-state index in [4.69, 9.17) is 16.3 Å². The fraction of sp³-hybridized carbons (Fsp3) is 0.250. The number of pyridine rings is 1. The first-order valence-electron chi connectivity index (χ1n) is 5.09. The SMILES string of the molecule is CCCOc1ccnc2ccc(F)c(Cl)c12. The summed E-state index contributed by atoms with van der Waals surface area (Å²) in [6.07, 6.45) is 2.51. The van der Waals surface area contributed by atoms with Gasteiger partial charge in [-0.2, -0.15) is 0 Å². The van der Waals surface area contributed by atoms with E-state index in [2.05, 4.69) is 4.98 Å². The van der Waals surface area contributed by atoms with Crippen molar-refractivity contribution in [1.29, 1.82) is 0 Å². The van der Waals surface area contributed by atoms with Crippen LogP contribution in [0.4, 0.5) is 4.39 Å². The molecule has 2 aromatic rings. The topological polar surface area (TPSA) is 22.1 Å². The van der Waals surface area contributed by atoms with Gasteiger partial charge in [-0.3, -0.25) is 4.98 Å². The maximum atomic E-state index is 13.3. The fourth-order valence-corrected chi connectivity index (χ4v) is 1.74. The van der Waals surface area contributed by atoms with Gasteiger partial charge in [0.05, 0.1) is 22.5 Å². The lowest BCUT2D eigenvalue weighted by atomic mass is 10.2. The first-order chi connectivity index (χ1) is 7.74. The van der Waals surface area contributed by atoms with E-state index < -0.39 is 5.82 Å². The normalized spacial score (nSPS) is 10.7. The van der Waals surface area contributed by atoms with Crippen LogP contribution < -0.4 is 4.74 Å². The molecule has 0 fully saturated rings. The zero-order valence-electron chi connectivity index (χ0n) is 8.84. The van der Waals surface area contributed by atoms with Crippen molar-refractivity contribution >= 4 is 22.5 Å². The molecule has 84 valence electrons. The number of fused-ring (bicyclic) bond motifs is 1. The Balaban J connectivity index is 2.60. The van der Waals surface area contributed by atoms with Gasteiger partial charge in [0, 0.05) is 6.20 Å². The molecule has 0 amide bonds. The molecule has 0 unspecified atom stereocenters. The van der Waals surface area contributed by atoms with E-state index in [0.29, 0.717) is 23.3 Å². The van der Waals surface area contributed by atoms with Crippen LogP contribution in [-0.4, -0.2) is 11.6 Å². The van der Waals surface area contributed by atoms with Crippen molar-refractivity contribution in [3.05, 3.63) is 35.2 Å². The average molecular weight is 240 g/mol. The molecule has 4 heteroatoms. The first kappa shape index (κ1) is 11.1. The summed E-state index contributed by atoms with van der Waals surface area (Å²) in [5.74, 6) is 0.125. The standard InChI is InChI=1S/C12H11ClFNO/c1-2-7-16-10-5-6-15-9-4-3-8(14)12(13)11(9)10/h3-6H,2,7H2,1H3. The number of halogens is 2. The molecule has 2 nitrogen and oxygen atoms in total. The van der Waals surface area contributed by atoms with E-state index in [1.54, 1.807) is 18.3 Å². The van der Waals surface area contributed by atoms with Crippen LogP contribution in [0.15, 0.2) is 24.4 Å². The Morgan fingerprint density at radius 2 is 2.19 bits per heavy atom. The zero-order chi connectivity index (χ0) is 11.5. The summed E-state index contributed by atoms with van der Waals surface area (Å²) in [7, 11) is 0. The van der Waals surface area contributed by atoms with Crippen LogP contribution in [0.2, 0.25) is 5.02 Å². The Morgan fingerprint density at radius 3 is 2.94 bits per heavy atom. The van der Waals surface area contributed by atoms with Crippen LogP contribution in [0.1, 0.15) is 13.3 Å². The van der Waals surface area contributed by atoms with Crippen molar-refractivity contribution < 1.29 is 9.13 Å². The van der Waals surface area contributed by atoms with Crippen molar-refractivity contribution in [3.63, 3.8) is 0 Å². The second-order valence-corrected chi connectivity index (χ2v) is 3.79. The zero-order valence-corrected chi connectivity index (χ0v) is 9.59. The second-order valence-electron chi connectivity index (χ2n) is 3.41. The Labute approximate surface area is 98.0 Å². The van der Waals surface area contributed by atoms with E-state index in [1.807, 2.05) is 6.92 Å². The highest BCUT2D eigenvalue weighted by molar-refractivity contribution is 6.36. The molecule has 0 bridgehead atoms. The maximum Gasteiger partial charge on any atom is 0.142 e. The molecule has 1 aromatic carbocycles. The Hall–Kier alpha value is -1.35. The highest BCUT2D eigenvalue weighted by atomic mass is 35.5. The lowest BCUT2D eigenvalue weighted by Crippen LogP contribution is -1.97. The van der Waals surface area contributed by atoms with Crippen LogP contribution >= 0.6 is 11.6 Å². The third-order valence-electron chi connectivity index (χ3n) is 2.22. The minimum atomic E-state index is -0.455. The molecule has 1 aromatic heterocycles. The maximum absolute atomic E-state index is 13.3.